The molecule has 0 amide bonds. The fourth-order valence-electron chi connectivity index (χ4n) is 2.51. The number of rotatable bonds is 8. The Morgan fingerprint density at radius 1 is 1.04 bits per heavy atom. The molecule has 0 saturated carbocycles. The molecule has 1 heterocycles. The third kappa shape index (κ3) is 4.23. The maximum atomic E-state index is 6.42. The van der Waals surface area contributed by atoms with Gasteiger partial charge in [0.1, 0.15) is 0 Å². The second-order valence-corrected chi connectivity index (χ2v) is 6.00. The minimum absolute atomic E-state index is 0.265. The van der Waals surface area contributed by atoms with Gasteiger partial charge in [0.05, 0.1) is 13.2 Å². The van der Waals surface area contributed by atoms with Gasteiger partial charge in [0.25, 0.3) is 0 Å². The van der Waals surface area contributed by atoms with Crippen LogP contribution in [-0.2, 0) is 6.54 Å². The van der Waals surface area contributed by atoms with E-state index in [1.807, 2.05) is 37.3 Å². The predicted molar refractivity (Wildman–Crippen MR) is 98.3 cm³/mol. The van der Waals surface area contributed by atoms with Crippen molar-refractivity contribution in [1.82, 2.24) is 0 Å². The third-order valence-electron chi connectivity index (χ3n) is 3.73. The van der Waals surface area contributed by atoms with Crippen LogP contribution in [0, 0.1) is 0 Å². The SMILES string of the molecule is CCCOc1cc(Cl)c(CNc2ccc3c(c2)OCO3)cc1OCC. The molecule has 5 nitrogen and oxygen atoms in total. The van der Waals surface area contributed by atoms with Crippen molar-refractivity contribution in [1.29, 1.82) is 0 Å². The zero-order valence-electron chi connectivity index (χ0n) is 14.4. The molecule has 0 saturated heterocycles. The van der Waals surface area contributed by atoms with Crippen LogP contribution in [0.25, 0.3) is 0 Å². The highest BCUT2D eigenvalue weighted by Crippen LogP contribution is 2.36. The summed E-state index contributed by atoms with van der Waals surface area (Å²) in [5.41, 5.74) is 1.87. The van der Waals surface area contributed by atoms with Gasteiger partial charge < -0.3 is 24.3 Å². The summed E-state index contributed by atoms with van der Waals surface area (Å²) in [5.74, 6) is 2.90. The Labute approximate surface area is 152 Å². The summed E-state index contributed by atoms with van der Waals surface area (Å²) in [4.78, 5) is 0. The molecule has 0 bridgehead atoms. The summed E-state index contributed by atoms with van der Waals surface area (Å²) in [5, 5.41) is 3.99. The lowest BCUT2D eigenvalue weighted by atomic mass is 10.2. The van der Waals surface area contributed by atoms with Gasteiger partial charge >= 0.3 is 0 Å². The van der Waals surface area contributed by atoms with Crippen LogP contribution in [0.1, 0.15) is 25.8 Å². The number of ether oxygens (including phenoxy) is 4. The smallest absolute Gasteiger partial charge is 0.231 e. The molecule has 25 heavy (non-hydrogen) atoms. The number of anilines is 1. The van der Waals surface area contributed by atoms with Gasteiger partial charge in [0.15, 0.2) is 23.0 Å². The molecule has 2 aromatic carbocycles. The molecule has 1 aliphatic rings. The van der Waals surface area contributed by atoms with E-state index in [9.17, 15) is 0 Å². The fourth-order valence-corrected chi connectivity index (χ4v) is 2.73. The first kappa shape index (κ1) is 17.5. The van der Waals surface area contributed by atoms with Crippen LogP contribution in [0.3, 0.4) is 0 Å². The van der Waals surface area contributed by atoms with E-state index in [4.69, 9.17) is 30.5 Å². The molecule has 0 spiro atoms. The Hall–Kier alpha value is -2.27. The lowest BCUT2D eigenvalue weighted by Crippen LogP contribution is -2.04. The van der Waals surface area contributed by atoms with Crippen LogP contribution in [-0.4, -0.2) is 20.0 Å². The molecule has 2 aromatic rings. The van der Waals surface area contributed by atoms with Crippen molar-refractivity contribution in [2.45, 2.75) is 26.8 Å². The minimum atomic E-state index is 0.265. The molecule has 0 atom stereocenters. The van der Waals surface area contributed by atoms with Crippen LogP contribution in [0.4, 0.5) is 5.69 Å². The summed E-state index contributed by atoms with van der Waals surface area (Å²) in [6.45, 7) is 6.03. The Balaban J connectivity index is 1.74. The van der Waals surface area contributed by atoms with Crippen molar-refractivity contribution in [3.8, 4) is 23.0 Å². The van der Waals surface area contributed by atoms with Crippen molar-refractivity contribution in [3.05, 3.63) is 40.9 Å². The van der Waals surface area contributed by atoms with E-state index in [2.05, 4.69) is 12.2 Å². The fraction of sp³-hybridized carbons (Fsp3) is 0.368. The first-order valence-electron chi connectivity index (χ1n) is 8.42. The van der Waals surface area contributed by atoms with Crippen LogP contribution < -0.4 is 24.3 Å². The minimum Gasteiger partial charge on any atom is -0.490 e. The third-order valence-corrected chi connectivity index (χ3v) is 4.08. The Morgan fingerprint density at radius 3 is 2.64 bits per heavy atom. The quantitative estimate of drug-likeness (QED) is 0.725. The van der Waals surface area contributed by atoms with E-state index >= 15 is 0 Å². The lowest BCUT2D eigenvalue weighted by Gasteiger charge is -2.15. The van der Waals surface area contributed by atoms with Crippen molar-refractivity contribution in [2.75, 3.05) is 25.3 Å². The number of hydrogen-bond acceptors (Lipinski definition) is 5. The van der Waals surface area contributed by atoms with Crippen molar-refractivity contribution in [2.24, 2.45) is 0 Å². The monoisotopic (exact) mass is 363 g/mol. The number of fused-ring (bicyclic) bond motifs is 1. The zero-order valence-corrected chi connectivity index (χ0v) is 15.2. The standard InChI is InChI=1S/C19H22ClNO4/c1-3-7-23-19-10-15(20)13(8-17(19)22-4-2)11-21-14-5-6-16-18(9-14)25-12-24-16/h5-6,8-10,21H,3-4,7,11-12H2,1-2H3. The first-order chi connectivity index (χ1) is 12.2. The van der Waals surface area contributed by atoms with E-state index in [-0.39, 0.29) is 6.79 Å². The number of halogens is 1. The van der Waals surface area contributed by atoms with E-state index in [0.717, 1.165) is 29.2 Å². The normalized spacial score (nSPS) is 12.1. The second kappa shape index (κ2) is 8.21. The van der Waals surface area contributed by atoms with Crippen molar-refractivity contribution in [3.63, 3.8) is 0 Å². The van der Waals surface area contributed by atoms with Gasteiger partial charge in [0, 0.05) is 29.4 Å². The maximum Gasteiger partial charge on any atom is 0.231 e. The van der Waals surface area contributed by atoms with E-state index in [1.54, 1.807) is 0 Å². The molecule has 1 N–H and O–H groups in total. The summed E-state index contributed by atoms with van der Waals surface area (Å²) in [6.07, 6.45) is 0.927. The first-order valence-corrected chi connectivity index (χ1v) is 8.80. The molecule has 0 aliphatic carbocycles. The Bertz CT molecular complexity index is 736. The van der Waals surface area contributed by atoms with Crippen LogP contribution >= 0.6 is 11.6 Å². The highest BCUT2D eigenvalue weighted by Gasteiger charge is 2.14. The molecule has 3 rings (SSSR count). The highest BCUT2D eigenvalue weighted by molar-refractivity contribution is 6.31. The largest absolute Gasteiger partial charge is 0.490 e. The molecule has 6 heteroatoms. The Kier molecular flexibility index (Phi) is 5.76. The molecule has 0 fully saturated rings. The molecule has 1 aliphatic heterocycles. The summed E-state index contributed by atoms with van der Waals surface area (Å²) in [7, 11) is 0. The van der Waals surface area contributed by atoms with Gasteiger partial charge in [0.2, 0.25) is 6.79 Å². The predicted octanol–water partition coefficient (Wildman–Crippen LogP) is 4.87. The highest BCUT2D eigenvalue weighted by atomic mass is 35.5. The second-order valence-electron chi connectivity index (χ2n) is 5.59. The van der Waals surface area contributed by atoms with E-state index in [1.165, 1.54) is 0 Å². The van der Waals surface area contributed by atoms with Crippen molar-refractivity contribution < 1.29 is 18.9 Å². The van der Waals surface area contributed by atoms with E-state index in [0.29, 0.717) is 36.3 Å². The van der Waals surface area contributed by atoms with Gasteiger partial charge in [-0.25, -0.2) is 0 Å². The Morgan fingerprint density at radius 2 is 1.84 bits per heavy atom. The van der Waals surface area contributed by atoms with Gasteiger partial charge in [-0.15, -0.1) is 0 Å². The molecule has 0 aromatic heterocycles. The van der Waals surface area contributed by atoms with E-state index < -0.39 is 0 Å². The van der Waals surface area contributed by atoms with Crippen LogP contribution in [0.5, 0.6) is 23.0 Å². The molecular formula is C19H22ClNO4. The summed E-state index contributed by atoms with van der Waals surface area (Å²) < 4.78 is 22.1. The molecule has 0 unspecified atom stereocenters. The molecule has 134 valence electrons. The average molecular weight is 364 g/mol. The zero-order chi connectivity index (χ0) is 17.6. The van der Waals surface area contributed by atoms with Gasteiger partial charge in [-0.3, -0.25) is 0 Å². The topological polar surface area (TPSA) is 49.0 Å². The van der Waals surface area contributed by atoms with Gasteiger partial charge in [-0.05, 0) is 37.1 Å². The number of benzene rings is 2. The van der Waals surface area contributed by atoms with Crippen LogP contribution in [0.15, 0.2) is 30.3 Å². The number of hydrogen-bond donors (Lipinski definition) is 1. The summed E-state index contributed by atoms with van der Waals surface area (Å²) in [6, 6.07) is 9.50. The lowest BCUT2D eigenvalue weighted by molar-refractivity contribution is 0.174. The van der Waals surface area contributed by atoms with Crippen molar-refractivity contribution >= 4 is 17.3 Å². The van der Waals surface area contributed by atoms with Crippen LogP contribution in [0.2, 0.25) is 5.02 Å². The van der Waals surface area contributed by atoms with Gasteiger partial charge in [-0.2, -0.15) is 0 Å². The van der Waals surface area contributed by atoms with Gasteiger partial charge in [-0.1, -0.05) is 18.5 Å². The maximum absolute atomic E-state index is 6.42. The average Bonchev–Trinajstić information content (AvgIpc) is 3.08. The number of nitrogens with one attached hydrogen (secondary N) is 1. The summed E-state index contributed by atoms with van der Waals surface area (Å²) >= 11 is 6.42. The molecular weight excluding hydrogens is 342 g/mol. The molecule has 0 radical (unpaired) electrons.